The van der Waals surface area contributed by atoms with Crippen molar-refractivity contribution in [1.29, 1.82) is 0 Å². The summed E-state index contributed by atoms with van der Waals surface area (Å²) in [5, 5.41) is 23.6. The third kappa shape index (κ3) is 9.07. The van der Waals surface area contributed by atoms with Crippen LogP contribution in [0.5, 0.6) is 23.0 Å². The monoisotopic (exact) mass is 545 g/mol. The molecule has 37 heavy (non-hydrogen) atoms. The van der Waals surface area contributed by atoms with Gasteiger partial charge in [-0.2, -0.15) is 0 Å². The van der Waals surface area contributed by atoms with Crippen molar-refractivity contribution >= 4 is 12.4 Å². The Hall–Kier alpha value is -4.20. The second-order valence-corrected chi connectivity index (χ2v) is 7.42. The van der Waals surface area contributed by atoms with E-state index in [1.54, 1.807) is 73.6 Å². The van der Waals surface area contributed by atoms with Crippen molar-refractivity contribution in [2.24, 2.45) is 9.98 Å². The number of aromatic nitrogens is 2. The Kier molecular flexibility index (Phi) is 12.3. The van der Waals surface area contributed by atoms with Crippen molar-refractivity contribution in [3.05, 3.63) is 108 Å². The second kappa shape index (κ2) is 15.7. The standard InChI is InChI=1S/2C14H14N2O2.Cu/c2*1-18-13-6-2-5-12(14(13)17)10-16-9-11-4-3-7-15-8-11;/h2*2-8,10,17H,9H2,1H3;/q;;+2/p-2. The summed E-state index contributed by atoms with van der Waals surface area (Å²) in [5.41, 5.74) is 3.06. The Balaban J connectivity index is 0.000000253. The zero-order valence-corrected chi connectivity index (χ0v) is 21.3. The van der Waals surface area contributed by atoms with E-state index in [1.807, 2.05) is 24.3 Å². The molecule has 0 spiro atoms. The molecule has 8 nitrogen and oxygen atoms in total. The minimum Gasteiger partial charge on any atom is -0.870 e. The molecule has 0 aliphatic heterocycles. The molecule has 9 heteroatoms. The largest absolute Gasteiger partial charge is 2.00 e. The van der Waals surface area contributed by atoms with Crippen LogP contribution in [0.1, 0.15) is 22.3 Å². The summed E-state index contributed by atoms with van der Waals surface area (Å²) in [6, 6.07) is 17.8. The molecular weight excluding hydrogens is 520 g/mol. The Morgan fingerprint density at radius 2 is 1.11 bits per heavy atom. The zero-order valence-electron chi connectivity index (χ0n) is 20.4. The van der Waals surface area contributed by atoms with Crippen LogP contribution in [-0.2, 0) is 30.2 Å². The molecule has 0 aliphatic rings. The zero-order chi connectivity index (χ0) is 25.6. The fourth-order valence-electron chi connectivity index (χ4n) is 3.07. The van der Waals surface area contributed by atoms with Gasteiger partial charge in [0.25, 0.3) is 0 Å². The first-order chi connectivity index (χ1) is 17.6. The first-order valence-corrected chi connectivity index (χ1v) is 11.1. The molecule has 0 fully saturated rings. The molecule has 0 aliphatic carbocycles. The summed E-state index contributed by atoms with van der Waals surface area (Å²) in [6.07, 6.45) is 10.1. The maximum Gasteiger partial charge on any atom is 2.00 e. The van der Waals surface area contributed by atoms with Gasteiger partial charge in [0.2, 0.25) is 0 Å². The quantitative estimate of drug-likeness (QED) is 0.247. The fourth-order valence-corrected chi connectivity index (χ4v) is 3.07. The number of benzene rings is 2. The van der Waals surface area contributed by atoms with Gasteiger partial charge in [-0.1, -0.05) is 47.9 Å². The van der Waals surface area contributed by atoms with Gasteiger partial charge < -0.3 is 19.7 Å². The van der Waals surface area contributed by atoms with E-state index >= 15 is 0 Å². The number of methoxy groups -OCH3 is 2. The van der Waals surface area contributed by atoms with E-state index in [-0.39, 0.29) is 28.6 Å². The molecule has 0 saturated carbocycles. The average molecular weight is 546 g/mol. The molecule has 0 unspecified atom stereocenters. The Morgan fingerprint density at radius 1 is 0.676 bits per heavy atom. The molecule has 0 amide bonds. The molecule has 2 aromatic carbocycles. The van der Waals surface area contributed by atoms with Gasteiger partial charge in [-0.05, 0) is 46.5 Å². The van der Waals surface area contributed by atoms with E-state index in [4.69, 9.17) is 9.47 Å². The predicted molar refractivity (Wildman–Crippen MR) is 136 cm³/mol. The molecule has 0 saturated heterocycles. The van der Waals surface area contributed by atoms with Gasteiger partial charge in [0.1, 0.15) is 11.5 Å². The van der Waals surface area contributed by atoms with Crippen LogP contribution in [0.2, 0.25) is 0 Å². The van der Waals surface area contributed by atoms with Gasteiger partial charge in [0.15, 0.2) is 0 Å². The molecule has 193 valence electrons. The van der Waals surface area contributed by atoms with Gasteiger partial charge in [0.05, 0.1) is 27.3 Å². The molecule has 0 atom stereocenters. The van der Waals surface area contributed by atoms with Crippen molar-refractivity contribution in [2.45, 2.75) is 13.1 Å². The minimum absolute atomic E-state index is 0. The van der Waals surface area contributed by atoms with Crippen LogP contribution in [0.3, 0.4) is 0 Å². The van der Waals surface area contributed by atoms with E-state index in [0.29, 0.717) is 35.7 Å². The second-order valence-electron chi connectivity index (χ2n) is 7.42. The van der Waals surface area contributed by atoms with E-state index in [1.165, 1.54) is 14.2 Å². The molecule has 2 aromatic heterocycles. The van der Waals surface area contributed by atoms with Crippen LogP contribution in [0.25, 0.3) is 0 Å². The summed E-state index contributed by atoms with van der Waals surface area (Å²) in [7, 11) is 2.96. The molecule has 4 aromatic rings. The van der Waals surface area contributed by atoms with Gasteiger partial charge >= 0.3 is 17.1 Å². The van der Waals surface area contributed by atoms with Crippen LogP contribution in [0, 0.1) is 0 Å². The summed E-state index contributed by atoms with van der Waals surface area (Å²) in [5.74, 6) is 0.380. The van der Waals surface area contributed by atoms with Crippen molar-refractivity contribution in [2.75, 3.05) is 14.2 Å². The van der Waals surface area contributed by atoms with Crippen LogP contribution >= 0.6 is 0 Å². The number of pyridine rings is 2. The summed E-state index contributed by atoms with van der Waals surface area (Å²) in [6.45, 7) is 1.01. The van der Waals surface area contributed by atoms with E-state index in [2.05, 4.69) is 20.0 Å². The van der Waals surface area contributed by atoms with Crippen molar-refractivity contribution in [3.8, 4) is 23.0 Å². The van der Waals surface area contributed by atoms with Crippen molar-refractivity contribution in [3.63, 3.8) is 0 Å². The molecule has 2 heterocycles. The third-order valence-electron chi connectivity index (χ3n) is 4.91. The number of hydrogen-bond acceptors (Lipinski definition) is 8. The molecule has 0 N–H and O–H groups in total. The van der Waals surface area contributed by atoms with Crippen LogP contribution < -0.4 is 19.7 Å². The maximum absolute atomic E-state index is 11.8. The van der Waals surface area contributed by atoms with E-state index < -0.39 is 0 Å². The van der Waals surface area contributed by atoms with Crippen molar-refractivity contribution < 1.29 is 36.8 Å². The Bertz CT molecular complexity index is 1190. The number of nitrogens with zero attached hydrogens (tertiary/aromatic N) is 4. The molecule has 0 bridgehead atoms. The smallest absolute Gasteiger partial charge is 0.870 e. The SMILES string of the molecule is COc1cccc(C=NCc2cccnc2)c1[O-].COc1cccc(C=NCc2cccnc2)c1[O-].[Cu+2]. The number of hydrogen-bond donors (Lipinski definition) is 0. The molecular formula is C28H26CuN4O4. The first kappa shape index (κ1) is 29.0. The number of aliphatic imine (C=N–C) groups is 2. The summed E-state index contributed by atoms with van der Waals surface area (Å²) >= 11 is 0. The maximum atomic E-state index is 11.8. The van der Waals surface area contributed by atoms with Gasteiger partial charge in [-0.15, -0.1) is 0 Å². The summed E-state index contributed by atoms with van der Waals surface area (Å²) < 4.78 is 9.93. The number of rotatable bonds is 8. The third-order valence-corrected chi connectivity index (χ3v) is 4.91. The van der Waals surface area contributed by atoms with Crippen LogP contribution in [0.15, 0.2) is 95.4 Å². The fraction of sp³-hybridized carbons (Fsp3) is 0.143. The van der Waals surface area contributed by atoms with Crippen molar-refractivity contribution in [1.82, 2.24) is 9.97 Å². The number of ether oxygens (including phenoxy) is 2. The molecule has 4 rings (SSSR count). The van der Waals surface area contributed by atoms with Crippen LogP contribution in [0.4, 0.5) is 0 Å². The average Bonchev–Trinajstić information content (AvgIpc) is 2.92. The number of para-hydroxylation sites is 2. The topological polar surface area (TPSA) is 115 Å². The normalized spacial score (nSPS) is 10.4. The molecule has 1 radical (unpaired) electrons. The Labute approximate surface area is 226 Å². The van der Waals surface area contributed by atoms with Gasteiger partial charge in [0, 0.05) is 37.2 Å². The van der Waals surface area contributed by atoms with Gasteiger partial charge in [-0.3, -0.25) is 20.0 Å². The van der Waals surface area contributed by atoms with Crippen LogP contribution in [-0.4, -0.2) is 36.6 Å². The minimum atomic E-state index is -0.144. The van der Waals surface area contributed by atoms with E-state index in [0.717, 1.165) is 11.1 Å². The first-order valence-electron chi connectivity index (χ1n) is 11.1. The van der Waals surface area contributed by atoms with E-state index in [9.17, 15) is 10.2 Å². The predicted octanol–water partition coefficient (Wildman–Crippen LogP) is 3.56. The van der Waals surface area contributed by atoms with Gasteiger partial charge in [-0.25, -0.2) is 0 Å². The summed E-state index contributed by atoms with van der Waals surface area (Å²) in [4.78, 5) is 16.5. The Morgan fingerprint density at radius 3 is 1.46 bits per heavy atom.